The van der Waals surface area contributed by atoms with Crippen molar-refractivity contribution >= 4 is 11.8 Å². The fourth-order valence-electron chi connectivity index (χ4n) is 3.08. The number of hydrogen-bond acceptors (Lipinski definition) is 2. The highest BCUT2D eigenvalue weighted by atomic mass is 19.1. The Labute approximate surface area is 194 Å². The molecule has 0 unspecified atom stereocenters. The number of alkyl halides is 1. The fourth-order valence-corrected chi connectivity index (χ4v) is 3.08. The van der Waals surface area contributed by atoms with Crippen LogP contribution >= 0.6 is 0 Å². The molecule has 1 amide bonds. The zero-order chi connectivity index (χ0) is 23.8. The summed E-state index contributed by atoms with van der Waals surface area (Å²) in [6.45, 7) is 10.5. The predicted octanol–water partition coefficient (Wildman–Crippen LogP) is 8.85. The van der Waals surface area contributed by atoms with Crippen LogP contribution in [0.25, 0.3) is 0 Å². The first kappa shape index (κ1) is 27.4. The van der Waals surface area contributed by atoms with Crippen LogP contribution < -0.4 is 5.32 Å². The molecule has 0 saturated carbocycles. The van der Waals surface area contributed by atoms with Crippen LogP contribution in [0, 0.1) is 0 Å². The molecule has 0 fully saturated rings. The van der Waals surface area contributed by atoms with E-state index >= 15 is 0 Å². The van der Waals surface area contributed by atoms with Gasteiger partial charge >= 0.3 is 6.09 Å². The summed E-state index contributed by atoms with van der Waals surface area (Å²) in [6.07, 6.45) is 14.8. The highest BCUT2D eigenvalue weighted by Gasteiger charge is 2.02. The Morgan fingerprint density at radius 3 is 1.81 bits per heavy atom. The van der Waals surface area contributed by atoms with Gasteiger partial charge in [0, 0.05) is 5.69 Å². The molecule has 3 nitrogen and oxygen atoms in total. The van der Waals surface area contributed by atoms with Gasteiger partial charge in [-0.05, 0) is 96.9 Å². The van der Waals surface area contributed by atoms with Crippen LogP contribution in [0.15, 0.2) is 70.9 Å². The minimum atomic E-state index is -0.517. The van der Waals surface area contributed by atoms with Crippen LogP contribution in [0.3, 0.4) is 0 Å². The molecule has 1 N–H and O–H groups in total. The average Bonchev–Trinajstić information content (AvgIpc) is 2.74. The molecule has 0 saturated heterocycles. The predicted molar refractivity (Wildman–Crippen MR) is 135 cm³/mol. The Morgan fingerprint density at radius 1 is 0.812 bits per heavy atom. The van der Waals surface area contributed by atoms with Crippen LogP contribution in [0.4, 0.5) is 14.9 Å². The van der Waals surface area contributed by atoms with E-state index in [4.69, 9.17) is 4.74 Å². The van der Waals surface area contributed by atoms with Crippen LogP contribution in [0.1, 0.15) is 78.7 Å². The molecule has 0 radical (unpaired) electrons. The zero-order valence-electron chi connectivity index (χ0n) is 20.5. The van der Waals surface area contributed by atoms with Crippen molar-refractivity contribution in [2.75, 3.05) is 11.9 Å². The van der Waals surface area contributed by atoms with Crippen molar-refractivity contribution in [3.63, 3.8) is 0 Å². The van der Waals surface area contributed by atoms with Crippen molar-refractivity contribution in [2.24, 2.45) is 0 Å². The summed E-state index contributed by atoms with van der Waals surface area (Å²) in [5.74, 6) is 0. The average molecular weight is 442 g/mol. The molecule has 176 valence electrons. The van der Waals surface area contributed by atoms with E-state index in [1.165, 1.54) is 22.3 Å². The number of hydrogen-bond donors (Lipinski definition) is 1. The third-order valence-electron chi connectivity index (χ3n) is 5.16. The lowest BCUT2D eigenvalue weighted by molar-refractivity contribution is 0.174. The Morgan fingerprint density at radius 2 is 1.31 bits per heavy atom. The number of allylic oxidation sites excluding steroid dienone is 7. The van der Waals surface area contributed by atoms with Crippen LogP contribution in [0.5, 0.6) is 0 Å². The fraction of sp³-hybridized carbons (Fsp3) is 0.464. The largest absolute Gasteiger partial charge is 0.445 e. The van der Waals surface area contributed by atoms with Crippen LogP contribution in [-0.4, -0.2) is 12.7 Å². The number of nitrogens with one attached hydrogen (secondary N) is 1. The number of ether oxygens (including phenoxy) is 1. The molecule has 0 heterocycles. The Hall–Kier alpha value is -2.62. The van der Waals surface area contributed by atoms with Gasteiger partial charge in [0.1, 0.15) is 13.3 Å². The standard InChI is InChI=1S/C28H40FNO2/c1-22(2)9-6-10-23(3)11-7-12-24(4)13-8-14-25(5)19-20-32-28(31)30-27-17-15-26(21-29)16-18-27/h9,11,13,15-19H,6-8,10,12,14,20-21H2,1-5H3,(H,30,31)/b23-11+,24-13+,25-19+. The van der Waals surface area contributed by atoms with E-state index in [0.29, 0.717) is 11.3 Å². The lowest BCUT2D eigenvalue weighted by atomic mass is 10.0. The van der Waals surface area contributed by atoms with Crippen LogP contribution in [0.2, 0.25) is 0 Å². The zero-order valence-corrected chi connectivity index (χ0v) is 20.5. The van der Waals surface area contributed by atoms with Gasteiger partial charge in [-0.15, -0.1) is 0 Å². The van der Waals surface area contributed by atoms with Crippen molar-refractivity contribution < 1.29 is 13.9 Å². The van der Waals surface area contributed by atoms with Gasteiger partial charge in [-0.1, -0.05) is 52.7 Å². The second-order valence-corrected chi connectivity index (χ2v) is 8.60. The number of carbonyl (C=O) groups is 1. The quantitative estimate of drug-likeness (QED) is 0.310. The van der Waals surface area contributed by atoms with Crippen LogP contribution in [-0.2, 0) is 11.4 Å². The molecule has 0 aliphatic carbocycles. The van der Waals surface area contributed by atoms with Gasteiger partial charge < -0.3 is 4.74 Å². The molecule has 1 aromatic rings. The normalized spacial score (nSPS) is 12.5. The molecule has 1 rings (SSSR count). The number of anilines is 1. The lowest BCUT2D eigenvalue weighted by Gasteiger charge is -2.06. The first-order chi connectivity index (χ1) is 15.3. The number of carbonyl (C=O) groups excluding carboxylic acids is 1. The maximum Gasteiger partial charge on any atom is 0.411 e. The van der Waals surface area contributed by atoms with E-state index in [9.17, 15) is 9.18 Å². The molecule has 32 heavy (non-hydrogen) atoms. The third-order valence-corrected chi connectivity index (χ3v) is 5.16. The van der Waals surface area contributed by atoms with E-state index in [1.807, 2.05) is 6.08 Å². The monoisotopic (exact) mass is 441 g/mol. The highest BCUT2D eigenvalue weighted by molar-refractivity contribution is 5.84. The number of benzene rings is 1. The van der Waals surface area contributed by atoms with Crippen molar-refractivity contribution in [3.8, 4) is 0 Å². The van der Waals surface area contributed by atoms with Gasteiger partial charge in [-0.3, -0.25) is 5.32 Å². The summed E-state index contributed by atoms with van der Waals surface area (Å²) >= 11 is 0. The molecule has 0 spiro atoms. The Bertz CT molecular complexity index is 812. The van der Waals surface area contributed by atoms with E-state index in [2.05, 4.69) is 58.2 Å². The van der Waals surface area contributed by atoms with Crippen molar-refractivity contribution in [1.29, 1.82) is 0 Å². The molecule has 1 aromatic carbocycles. The first-order valence-electron chi connectivity index (χ1n) is 11.5. The Balaban J connectivity index is 2.24. The molecule has 0 bridgehead atoms. The smallest absolute Gasteiger partial charge is 0.411 e. The Kier molecular flexibility index (Phi) is 13.8. The summed E-state index contributed by atoms with van der Waals surface area (Å²) in [5.41, 5.74) is 6.64. The van der Waals surface area contributed by atoms with E-state index in [-0.39, 0.29) is 6.61 Å². The van der Waals surface area contributed by atoms with Crippen molar-refractivity contribution in [3.05, 3.63) is 76.4 Å². The van der Waals surface area contributed by atoms with Gasteiger partial charge in [0.15, 0.2) is 0 Å². The summed E-state index contributed by atoms with van der Waals surface area (Å²) < 4.78 is 17.7. The summed E-state index contributed by atoms with van der Waals surface area (Å²) in [5, 5.41) is 2.64. The minimum Gasteiger partial charge on any atom is -0.445 e. The summed E-state index contributed by atoms with van der Waals surface area (Å²) in [6, 6.07) is 6.60. The third kappa shape index (κ3) is 13.6. The lowest BCUT2D eigenvalue weighted by Crippen LogP contribution is -2.13. The highest BCUT2D eigenvalue weighted by Crippen LogP contribution is 2.14. The van der Waals surface area contributed by atoms with Gasteiger partial charge in [-0.25, -0.2) is 9.18 Å². The second kappa shape index (κ2) is 16.1. The number of amides is 1. The SMILES string of the molecule is CC(C)=CCC/C(C)=C/CC/C(C)=C/CC/C(C)=C/COC(=O)Nc1ccc(CF)cc1. The van der Waals surface area contributed by atoms with Crippen molar-refractivity contribution in [2.45, 2.75) is 79.8 Å². The molecule has 4 heteroatoms. The molecule has 0 atom stereocenters. The molecule has 0 aromatic heterocycles. The second-order valence-electron chi connectivity index (χ2n) is 8.60. The van der Waals surface area contributed by atoms with E-state index in [1.54, 1.807) is 24.3 Å². The van der Waals surface area contributed by atoms with Gasteiger partial charge in [0.25, 0.3) is 0 Å². The maximum absolute atomic E-state index is 12.5. The van der Waals surface area contributed by atoms with E-state index in [0.717, 1.165) is 38.5 Å². The molecular weight excluding hydrogens is 401 g/mol. The molecule has 0 aliphatic rings. The van der Waals surface area contributed by atoms with E-state index < -0.39 is 12.8 Å². The van der Waals surface area contributed by atoms with Crippen molar-refractivity contribution in [1.82, 2.24) is 0 Å². The minimum absolute atomic E-state index is 0.236. The topological polar surface area (TPSA) is 38.3 Å². The van der Waals surface area contributed by atoms with Gasteiger partial charge in [0.2, 0.25) is 0 Å². The number of halogens is 1. The summed E-state index contributed by atoms with van der Waals surface area (Å²) in [7, 11) is 0. The number of rotatable bonds is 13. The summed E-state index contributed by atoms with van der Waals surface area (Å²) in [4.78, 5) is 11.8. The molecule has 0 aliphatic heterocycles. The molecular formula is C28H40FNO2. The van der Waals surface area contributed by atoms with Gasteiger partial charge in [-0.2, -0.15) is 0 Å². The van der Waals surface area contributed by atoms with Gasteiger partial charge in [0.05, 0.1) is 0 Å². The maximum atomic E-state index is 12.5. The first-order valence-corrected chi connectivity index (χ1v) is 11.5.